The molecule has 29 heavy (non-hydrogen) atoms. The van der Waals surface area contributed by atoms with Crippen molar-refractivity contribution in [1.29, 1.82) is 0 Å². The van der Waals surface area contributed by atoms with Crippen LogP contribution in [0.5, 0.6) is 5.75 Å². The SMILES string of the molecule is Cc1ccc(C(=O)N(CCN(C)C)Cc2csc(COc3ccccc3)n2)cc1. The number of thiazole rings is 1. The van der Waals surface area contributed by atoms with Gasteiger partial charge in [0.15, 0.2) is 0 Å². The van der Waals surface area contributed by atoms with Gasteiger partial charge in [0.2, 0.25) is 0 Å². The molecule has 1 aromatic heterocycles. The highest BCUT2D eigenvalue weighted by Crippen LogP contribution is 2.17. The number of hydrogen-bond donors (Lipinski definition) is 0. The van der Waals surface area contributed by atoms with Crippen LogP contribution in [-0.2, 0) is 13.2 Å². The molecule has 0 saturated heterocycles. The zero-order valence-electron chi connectivity index (χ0n) is 17.2. The van der Waals surface area contributed by atoms with E-state index in [0.717, 1.165) is 28.6 Å². The number of ether oxygens (including phenoxy) is 1. The van der Waals surface area contributed by atoms with E-state index in [-0.39, 0.29) is 5.91 Å². The van der Waals surface area contributed by atoms with Crippen LogP contribution in [0, 0.1) is 6.92 Å². The summed E-state index contributed by atoms with van der Waals surface area (Å²) >= 11 is 1.56. The summed E-state index contributed by atoms with van der Waals surface area (Å²) in [6.45, 7) is 4.38. The number of rotatable bonds is 9. The van der Waals surface area contributed by atoms with Crippen molar-refractivity contribution in [2.24, 2.45) is 0 Å². The standard InChI is InChI=1S/C23H27N3O2S/c1-18-9-11-19(12-10-18)23(27)26(14-13-25(2)3)15-20-17-29-22(24-20)16-28-21-7-5-4-6-8-21/h4-12,17H,13-16H2,1-3H3. The summed E-state index contributed by atoms with van der Waals surface area (Å²) in [5.41, 5.74) is 2.74. The van der Waals surface area contributed by atoms with Crippen LogP contribution < -0.4 is 4.74 Å². The fourth-order valence-electron chi connectivity index (χ4n) is 2.80. The van der Waals surface area contributed by atoms with E-state index in [1.165, 1.54) is 0 Å². The molecular weight excluding hydrogens is 382 g/mol. The third kappa shape index (κ3) is 6.41. The maximum Gasteiger partial charge on any atom is 0.254 e. The monoisotopic (exact) mass is 409 g/mol. The van der Waals surface area contributed by atoms with Gasteiger partial charge in [-0.1, -0.05) is 35.9 Å². The van der Waals surface area contributed by atoms with E-state index in [0.29, 0.717) is 25.3 Å². The first-order valence-electron chi connectivity index (χ1n) is 9.63. The van der Waals surface area contributed by atoms with Crippen LogP contribution in [0.25, 0.3) is 0 Å². The van der Waals surface area contributed by atoms with Gasteiger partial charge >= 0.3 is 0 Å². The van der Waals surface area contributed by atoms with Crippen LogP contribution in [0.4, 0.5) is 0 Å². The van der Waals surface area contributed by atoms with E-state index < -0.39 is 0 Å². The Bertz CT molecular complexity index is 907. The first-order valence-corrected chi connectivity index (χ1v) is 10.5. The average molecular weight is 410 g/mol. The number of aryl methyl sites for hydroxylation is 1. The first kappa shape index (κ1) is 21.0. The molecule has 0 radical (unpaired) electrons. The van der Waals surface area contributed by atoms with Gasteiger partial charge in [-0.25, -0.2) is 4.98 Å². The molecule has 152 valence electrons. The zero-order chi connectivity index (χ0) is 20.6. The molecular formula is C23H27N3O2S. The van der Waals surface area contributed by atoms with Gasteiger partial charge in [-0.2, -0.15) is 0 Å². The van der Waals surface area contributed by atoms with Crippen LogP contribution in [0.1, 0.15) is 26.6 Å². The summed E-state index contributed by atoms with van der Waals surface area (Å²) in [5, 5.41) is 2.91. The second kappa shape index (κ2) is 10.2. The number of likely N-dealkylation sites (N-methyl/N-ethyl adjacent to an activating group) is 1. The fraction of sp³-hybridized carbons (Fsp3) is 0.304. The lowest BCUT2D eigenvalue weighted by molar-refractivity contribution is 0.0730. The molecule has 0 atom stereocenters. The van der Waals surface area contributed by atoms with Gasteiger partial charge in [0.1, 0.15) is 17.4 Å². The predicted octanol–water partition coefficient (Wildman–Crippen LogP) is 4.23. The molecule has 3 rings (SSSR count). The third-order valence-electron chi connectivity index (χ3n) is 4.46. The molecule has 5 nitrogen and oxygen atoms in total. The molecule has 0 aliphatic carbocycles. The molecule has 0 bridgehead atoms. The van der Waals surface area contributed by atoms with Gasteiger partial charge in [0.25, 0.3) is 5.91 Å². The Morgan fingerprint density at radius 1 is 1.03 bits per heavy atom. The Hall–Kier alpha value is -2.70. The zero-order valence-corrected chi connectivity index (χ0v) is 18.0. The summed E-state index contributed by atoms with van der Waals surface area (Å²) in [6, 6.07) is 17.4. The smallest absolute Gasteiger partial charge is 0.254 e. The summed E-state index contributed by atoms with van der Waals surface area (Å²) in [7, 11) is 4.02. The van der Waals surface area contributed by atoms with Crippen LogP contribution in [0.3, 0.4) is 0 Å². The molecule has 0 fully saturated rings. The van der Waals surface area contributed by atoms with Crippen LogP contribution >= 0.6 is 11.3 Å². The molecule has 3 aromatic rings. The number of hydrogen-bond acceptors (Lipinski definition) is 5. The maximum atomic E-state index is 13.0. The molecule has 0 aliphatic heterocycles. The maximum absolute atomic E-state index is 13.0. The molecule has 0 aliphatic rings. The Morgan fingerprint density at radius 3 is 2.45 bits per heavy atom. The minimum Gasteiger partial charge on any atom is -0.486 e. The van der Waals surface area contributed by atoms with Crippen molar-refractivity contribution in [1.82, 2.24) is 14.8 Å². The number of nitrogens with zero attached hydrogens (tertiary/aromatic N) is 3. The van der Waals surface area contributed by atoms with E-state index in [2.05, 4.69) is 9.88 Å². The number of carbonyl (C=O) groups is 1. The quantitative estimate of drug-likeness (QED) is 0.530. The highest BCUT2D eigenvalue weighted by atomic mass is 32.1. The van der Waals surface area contributed by atoms with Crippen LogP contribution in [0.2, 0.25) is 0 Å². The number of amides is 1. The van der Waals surface area contributed by atoms with E-state index in [9.17, 15) is 4.79 Å². The molecule has 6 heteroatoms. The Balaban J connectivity index is 1.66. The summed E-state index contributed by atoms with van der Waals surface area (Å²) < 4.78 is 5.78. The highest BCUT2D eigenvalue weighted by Gasteiger charge is 2.18. The third-order valence-corrected chi connectivity index (χ3v) is 5.33. The summed E-state index contributed by atoms with van der Waals surface area (Å²) in [4.78, 5) is 21.7. The van der Waals surface area contributed by atoms with Crippen molar-refractivity contribution < 1.29 is 9.53 Å². The topological polar surface area (TPSA) is 45.7 Å². The van der Waals surface area contributed by atoms with Crippen LogP contribution in [0.15, 0.2) is 60.0 Å². The lowest BCUT2D eigenvalue weighted by Crippen LogP contribution is -2.36. The van der Waals surface area contributed by atoms with E-state index in [1.54, 1.807) is 11.3 Å². The molecule has 0 unspecified atom stereocenters. The van der Waals surface area contributed by atoms with E-state index in [1.807, 2.05) is 85.9 Å². The van der Waals surface area contributed by atoms with Crippen molar-refractivity contribution in [2.75, 3.05) is 27.2 Å². The van der Waals surface area contributed by atoms with Gasteiger partial charge in [-0.05, 0) is 45.3 Å². The predicted molar refractivity (Wildman–Crippen MR) is 117 cm³/mol. The Kier molecular flexibility index (Phi) is 7.38. The Labute approximate surface area is 176 Å². The summed E-state index contributed by atoms with van der Waals surface area (Å²) in [5.74, 6) is 0.855. The lowest BCUT2D eigenvalue weighted by atomic mass is 10.1. The summed E-state index contributed by atoms with van der Waals surface area (Å²) in [6.07, 6.45) is 0. The fourth-order valence-corrected chi connectivity index (χ4v) is 3.49. The molecule has 0 saturated carbocycles. The van der Waals surface area contributed by atoms with Crippen LogP contribution in [-0.4, -0.2) is 47.9 Å². The van der Waals surface area contributed by atoms with Crippen molar-refractivity contribution in [3.05, 3.63) is 81.8 Å². The van der Waals surface area contributed by atoms with Gasteiger partial charge < -0.3 is 14.5 Å². The molecule has 2 aromatic carbocycles. The van der Waals surface area contributed by atoms with Gasteiger partial charge in [0, 0.05) is 24.0 Å². The van der Waals surface area contributed by atoms with Crippen molar-refractivity contribution in [3.63, 3.8) is 0 Å². The normalized spacial score (nSPS) is 10.9. The van der Waals surface area contributed by atoms with Crippen molar-refractivity contribution in [2.45, 2.75) is 20.1 Å². The molecule has 0 N–H and O–H groups in total. The number of benzene rings is 2. The van der Waals surface area contributed by atoms with Crippen molar-refractivity contribution in [3.8, 4) is 5.75 Å². The lowest BCUT2D eigenvalue weighted by Gasteiger charge is -2.24. The number of carbonyl (C=O) groups excluding carboxylic acids is 1. The number of para-hydroxylation sites is 1. The minimum absolute atomic E-state index is 0.0296. The van der Waals surface area contributed by atoms with E-state index >= 15 is 0 Å². The first-order chi connectivity index (χ1) is 14.0. The second-order valence-electron chi connectivity index (χ2n) is 7.23. The minimum atomic E-state index is 0.0296. The molecule has 1 amide bonds. The van der Waals surface area contributed by atoms with Gasteiger partial charge in [0.05, 0.1) is 12.2 Å². The average Bonchev–Trinajstić information content (AvgIpc) is 3.18. The van der Waals surface area contributed by atoms with Gasteiger partial charge in [-0.15, -0.1) is 11.3 Å². The molecule has 0 spiro atoms. The number of aromatic nitrogens is 1. The Morgan fingerprint density at radius 2 is 1.76 bits per heavy atom. The highest BCUT2D eigenvalue weighted by molar-refractivity contribution is 7.09. The molecule has 1 heterocycles. The van der Waals surface area contributed by atoms with Gasteiger partial charge in [-0.3, -0.25) is 4.79 Å². The van der Waals surface area contributed by atoms with E-state index in [4.69, 9.17) is 4.74 Å². The van der Waals surface area contributed by atoms with Crippen molar-refractivity contribution >= 4 is 17.2 Å². The largest absolute Gasteiger partial charge is 0.486 e. The second-order valence-corrected chi connectivity index (χ2v) is 8.17.